The molecule has 0 bridgehead atoms. The lowest BCUT2D eigenvalue weighted by Crippen LogP contribution is -2.13. The summed E-state index contributed by atoms with van der Waals surface area (Å²) in [4.78, 5) is 8.58. The Morgan fingerprint density at radius 1 is 1.03 bits per heavy atom. The lowest BCUT2D eigenvalue weighted by molar-refractivity contribution is 0.337. The van der Waals surface area contributed by atoms with Gasteiger partial charge in [-0.25, -0.2) is 23.1 Å². The number of anilines is 3. The lowest BCUT2D eigenvalue weighted by Gasteiger charge is -2.12. The third-order valence-electron chi connectivity index (χ3n) is 4.56. The summed E-state index contributed by atoms with van der Waals surface area (Å²) in [5, 5.41) is 7.32. The summed E-state index contributed by atoms with van der Waals surface area (Å²) in [7, 11) is -3.73. The number of hydrogen-bond acceptors (Lipinski definition) is 7. The number of nitrogens with one attached hydrogen (secondary N) is 2. The largest absolute Gasteiger partial charge is 0.494 e. The Morgan fingerprint density at radius 2 is 1.81 bits per heavy atom. The maximum Gasteiger partial charge on any atom is 0.261 e. The number of benzene rings is 2. The van der Waals surface area contributed by atoms with Crippen LogP contribution in [0.5, 0.6) is 5.75 Å². The molecule has 164 valence electrons. The van der Waals surface area contributed by atoms with E-state index in [0.29, 0.717) is 29.7 Å². The fraction of sp³-hybridized carbons (Fsp3) is 0.136. The Kier molecular flexibility index (Phi) is 6.04. The number of aromatic nitrogens is 4. The van der Waals surface area contributed by atoms with Crippen molar-refractivity contribution in [1.29, 1.82) is 0 Å². The highest BCUT2D eigenvalue weighted by atomic mass is 32.2. The third kappa shape index (κ3) is 4.86. The first kappa shape index (κ1) is 21.3. The number of hydrogen-bond donors (Lipinski definition) is 2. The molecule has 0 unspecified atom stereocenters. The lowest BCUT2D eigenvalue weighted by atomic mass is 10.2. The Bertz CT molecular complexity index is 1310. The first-order valence-electron chi connectivity index (χ1n) is 9.90. The van der Waals surface area contributed by atoms with E-state index >= 15 is 0 Å². The molecule has 4 aromatic rings. The van der Waals surface area contributed by atoms with Crippen LogP contribution in [0.3, 0.4) is 0 Å². The fourth-order valence-corrected chi connectivity index (χ4v) is 4.18. The smallest absolute Gasteiger partial charge is 0.261 e. The first-order chi connectivity index (χ1) is 15.4. The van der Waals surface area contributed by atoms with Gasteiger partial charge in [-0.3, -0.25) is 4.72 Å². The minimum Gasteiger partial charge on any atom is -0.494 e. The molecule has 2 heterocycles. The van der Waals surface area contributed by atoms with Crippen LogP contribution in [0.15, 0.2) is 78.2 Å². The molecule has 10 heteroatoms. The minimum atomic E-state index is -3.73. The molecule has 9 nitrogen and oxygen atoms in total. The SMILES string of the molecule is CCOc1ccc(S(=O)(=O)Nc2ccc(Nc3cc(-n4cccn4)ncn3)cc2)cc1C. The Labute approximate surface area is 186 Å². The van der Waals surface area contributed by atoms with Gasteiger partial charge in [0.2, 0.25) is 0 Å². The van der Waals surface area contributed by atoms with Crippen LogP contribution >= 0.6 is 0 Å². The predicted molar refractivity (Wildman–Crippen MR) is 122 cm³/mol. The van der Waals surface area contributed by atoms with Gasteiger partial charge in [0.05, 0.1) is 11.5 Å². The van der Waals surface area contributed by atoms with Crippen molar-refractivity contribution in [2.75, 3.05) is 16.6 Å². The zero-order valence-electron chi connectivity index (χ0n) is 17.6. The minimum absolute atomic E-state index is 0.174. The van der Waals surface area contributed by atoms with Crippen molar-refractivity contribution in [2.45, 2.75) is 18.7 Å². The van der Waals surface area contributed by atoms with E-state index in [-0.39, 0.29) is 4.90 Å². The van der Waals surface area contributed by atoms with Gasteiger partial charge >= 0.3 is 0 Å². The van der Waals surface area contributed by atoms with Crippen molar-refractivity contribution in [3.63, 3.8) is 0 Å². The van der Waals surface area contributed by atoms with Crippen LogP contribution in [0.2, 0.25) is 0 Å². The average molecular weight is 451 g/mol. The van der Waals surface area contributed by atoms with E-state index in [1.165, 1.54) is 12.4 Å². The number of nitrogens with zero attached hydrogens (tertiary/aromatic N) is 4. The zero-order valence-corrected chi connectivity index (χ0v) is 18.4. The molecule has 0 aliphatic rings. The summed E-state index contributed by atoms with van der Waals surface area (Å²) in [5.41, 5.74) is 1.95. The molecule has 2 aromatic carbocycles. The maximum absolute atomic E-state index is 12.8. The summed E-state index contributed by atoms with van der Waals surface area (Å²) >= 11 is 0. The van der Waals surface area contributed by atoms with Gasteiger partial charge in [-0.1, -0.05) is 0 Å². The van der Waals surface area contributed by atoms with Gasteiger partial charge in [0.1, 0.15) is 17.9 Å². The highest BCUT2D eigenvalue weighted by Gasteiger charge is 2.16. The second-order valence-electron chi connectivity index (χ2n) is 6.88. The number of aryl methyl sites for hydroxylation is 1. The van der Waals surface area contributed by atoms with E-state index in [9.17, 15) is 8.42 Å². The molecule has 2 aromatic heterocycles. The van der Waals surface area contributed by atoms with Gasteiger partial charge in [-0.05, 0) is 67.9 Å². The van der Waals surface area contributed by atoms with E-state index < -0.39 is 10.0 Å². The van der Waals surface area contributed by atoms with Crippen LogP contribution in [-0.4, -0.2) is 34.8 Å². The maximum atomic E-state index is 12.8. The first-order valence-corrected chi connectivity index (χ1v) is 11.4. The molecule has 0 aliphatic heterocycles. The normalized spacial score (nSPS) is 11.2. The molecule has 0 spiro atoms. The molecular formula is C22H22N6O3S. The van der Waals surface area contributed by atoms with Crippen LogP contribution in [0.25, 0.3) is 5.82 Å². The summed E-state index contributed by atoms with van der Waals surface area (Å²) < 4.78 is 35.2. The average Bonchev–Trinajstić information content (AvgIpc) is 3.32. The topological polar surface area (TPSA) is 111 Å². The predicted octanol–water partition coefficient (Wildman–Crippen LogP) is 3.91. The van der Waals surface area contributed by atoms with Gasteiger partial charge in [0, 0.05) is 29.8 Å². The monoisotopic (exact) mass is 450 g/mol. The second kappa shape index (κ2) is 9.06. The van der Waals surface area contributed by atoms with Crippen molar-refractivity contribution in [1.82, 2.24) is 19.7 Å². The van der Waals surface area contributed by atoms with Crippen molar-refractivity contribution in [3.05, 3.63) is 78.9 Å². The summed E-state index contributed by atoms with van der Waals surface area (Å²) in [6.45, 7) is 4.22. The van der Waals surface area contributed by atoms with Crippen LogP contribution < -0.4 is 14.8 Å². The summed E-state index contributed by atoms with van der Waals surface area (Å²) in [6.07, 6.45) is 4.91. The highest BCUT2D eigenvalue weighted by molar-refractivity contribution is 7.92. The Hall–Kier alpha value is -3.92. The zero-order chi connectivity index (χ0) is 22.6. The molecule has 0 atom stereocenters. The molecular weight excluding hydrogens is 428 g/mol. The molecule has 2 N–H and O–H groups in total. The standard InChI is InChI=1S/C22H22N6O3S/c1-3-31-20-10-9-19(13-16(20)2)32(29,30)27-18-7-5-17(6-8-18)26-21-14-22(24-15-23-21)28-12-4-11-25-28/h4-15,27H,3H2,1-2H3,(H,23,24,26). The Morgan fingerprint density at radius 3 is 2.50 bits per heavy atom. The molecule has 0 fully saturated rings. The van der Waals surface area contributed by atoms with Gasteiger partial charge in [0.25, 0.3) is 10.0 Å². The van der Waals surface area contributed by atoms with Crippen LogP contribution in [0, 0.1) is 6.92 Å². The Balaban J connectivity index is 1.46. The summed E-state index contributed by atoms with van der Waals surface area (Å²) in [5.74, 6) is 1.88. The van der Waals surface area contributed by atoms with Crippen molar-refractivity contribution in [3.8, 4) is 11.6 Å². The van der Waals surface area contributed by atoms with E-state index in [1.807, 2.05) is 19.9 Å². The third-order valence-corrected chi connectivity index (χ3v) is 5.94. The van der Waals surface area contributed by atoms with E-state index in [4.69, 9.17) is 4.74 Å². The van der Waals surface area contributed by atoms with E-state index in [1.54, 1.807) is 59.5 Å². The van der Waals surface area contributed by atoms with Gasteiger partial charge in [-0.15, -0.1) is 0 Å². The number of ether oxygens (including phenoxy) is 1. The molecule has 4 rings (SSSR count). The van der Waals surface area contributed by atoms with Crippen molar-refractivity contribution >= 4 is 27.2 Å². The van der Waals surface area contributed by atoms with Crippen molar-refractivity contribution in [2.24, 2.45) is 0 Å². The van der Waals surface area contributed by atoms with Crippen LogP contribution in [0.1, 0.15) is 12.5 Å². The van der Waals surface area contributed by atoms with Gasteiger partial charge in [0.15, 0.2) is 5.82 Å². The number of rotatable bonds is 8. The van der Waals surface area contributed by atoms with Crippen molar-refractivity contribution < 1.29 is 13.2 Å². The molecule has 32 heavy (non-hydrogen) atoms. The quantitative estimate of drug-likeness (QED) is 0.419. The number of sulfonamides is 1. The fourth-order valence-electron chi connectivity index (χ4n) is 3.04. The molecule has 0 radical (unpaired) electrons. The highest BCUT2D eigenvalue weighted by Crippen LogP contribution is 2.24. The second-order valence-corrected chi connectivity index (χ2v) is 8.56. The molecule has 0 saturated heterocycles. The van der Waals surface area contributed by atoms with Gasteiger partial charge in [-0.2, -0.15) is 5.10 Å². The summed E-state index contributed by atoms with van der Waals surface area (Å²) in [6, 6.07) is 15.2. The van der Waals surface area contributed by atoms with E-state index in [2.05, 4.69) is 25.1 Å². The molecule has 0 saturated carbocycles. The van der Waals surface area contributed by atoms with E-state index in [0.717, 1.165) is 11.3 Å². The molecule has 0 aliphatic carbocycles. The van der Waals surface area contributed by atoms with Crippen LogP contribution in [-0.2, 0) is 10.0 Å². The van der Waals surface area contributed by atoms with Crippen LogP contribution in [0.4, 0.5) is 17.2 Å². The van der Waals surface area contributed by atoms with Gasteiger partial charge < -0.3 is 10.1 Å². The molecule has 0 amide bonds.